The molecule has 1 amide bonds. The van der Waals surface area contributed by atoms with Gasteiger partial charge in [-0.1, -0.05) is 24.3 Å². The van der Waals surface area contributed by atoms with Crippen molar-refractivity contribution in [3.63, 3.8) is 0 Å². The molecule has 0 radical (unpaired) electrons. The molecule has 0 fully saturated rings. The van der Waals surface area contributed by atoms with Gasteiger partial charge in [-0.2, -0.15) is 0 Å². The molecule has 0 bridgehead atoms. The molecule has 2 rings (SSSR count). The third-order valence-corrected chi connectivity index (χ3v) is 3.21. The Balaban J connectivity index is 2.02. The molecular formula is C16H15FN2O3. The summed E-state index contributed by atoms with van der Waals surface area (Å²) in [4.78, 5) is 23.8. The van der Waals surface area contributed by atoms with Gasteiger partial charge in [-0.3, -0.25) is 14.9 Å². The quantitative estimate of drug-likeness (QED) is 0.630. The molecule has 0 unspecified atom stereocenters. The summed E-state index contributed by atoms with van der Waals surface area (Å²) >= 11 is 0. The molecule has 5 nitrogen and oxygen atoms in total. The van der Waals surface area contributed by atoms with Crippen molar-refractivity contribution in [2.75, 3.05) is 7.05 Å². The Labute approximate surface area is 127 Å². The van der Waals surface area contributed by atoms with E-state index in [-0.39, 0.29) is 30.4 Å². The second-order valence-corrected chi connectivity index (χ2v) is 4.98. The third-order valence-electron chi connectivity index (χ3n) is 3.21. The fourth-order valence-electron chi connectivity index (χ4n) is 2.09. The Morgan fingerprint density at radius 2 is 1.86 bits per heavy atom. The second kappa shape index (κ2) is 6.80. The van der Waals surface area contributed by atoms with Gasteiger partial charge >= 0.3 is 0 Å². The molecule has 2 aromatic rings. The number of carbonyl (C=O) groups is 1. The van der Waals surface area contributed by atoms with Crippen LogP contribution in [0.3, 0.4) is 0 Å². The van der Waals surface area contributed by atoms with Crippen LogP contribution in [0.1, 0.15) is 11.1 Å². The molecule has 22 heavy (non-hydrogen) atoms. The molecule has 0 heterocycles. The van der Waals surface area contributed by atoms with Crippen LogP contribution >= 0.6 is 0 Å². The molecular weight excluding hydrogens is 287 g/mol. The Morgan fingerprint density at radius 1 is 1.18 bits per heavy atom. The van der Waals surface area contributed by atoms with E-state index in [1.165, 1.54) is 29.2 Å². The second-order valence-electron chi connectivity index (χ2n) is 4.98. The standard InChI is InChI=1S/C16H15FN2O3/c1-18(11-13-5-3-7-15(9-13)19(21)22)16(20)10-12-4-2-6-14(17)8-12/h2-9H,10-11H2,1H3. The number of non-ortho nitro benzene ring substituents is 1. The van der Waals surface area contributed by atoms with E-state index in [2.05, 4.69) is 0 Å². The first-order valence-corrected chi connectivity index (χ1v) is 6.67. The van der Waals surface area contributed by atoms with E-state index in [1.807, 2.05) is 0 Å². The summed E-state index contributed by atoms with van der Waals surface area (Å²) in [6, 6.07) is 12.0. The Kier molecular flexibility index (Phi) is 4.83. The lowest BCUT2D eigenvalue weighted by Gasteiger charge is -2.17. The summed E-state index contributed by atoms with van der Waals surface area (Å²) < 4.78 is 13.1. The van der Waals surface area contributed by atoms with Crippen LogP contribution < -0.4 is 0 Å². The molecule has 0 aliphatic carbocycles. The van der Waals surface area contributed by atoms with Crippen molar-refractivity contribution in [1.29, 1.82) is 0 Å². The van der Waals surface area contributed by atoms with E-state index in [0.717, 1.165) is 0 Å². The fraction of sp³-hybridized carbons (Fsp3) is 0.188. The molecule has 0 saturated heterocycles. The Morgan fingerprint density at radius 3 is 2.55 bits per heavy atom. The summed E-state index contributed by atoms with van der Waals surface area (Å²) in [7, 11) is 1.61. The van der Waals surface area contributed by atoms with Gasteiger partial charge in [0.25, 0.3) is 5.69 Å². The minimum absolute atomic E-state index is 0.0107. The van der Waals surface area contributed by atoms with E-state index < -0.39 is 4.92 Å². The van der Waals surface area contributed by atoms with Crippen molar-refractivity contribution in [1.82, 2.24) is 4.90 Å². The molecule has 0 N–H and O–H groups in total. The van der Waals surface area contributed by atoms with Crippen molar-refractivity contribution < 1.29 is 14.1 Å². The maximum absolute atomic E-state index is 13.1. The molecule has 6 heteroatoms. The molecule has 0 spiro atoms. The first-order chi connectivity index (χ1) is 10.5. The highest BCUT2D eigenvalue weighted by molar-refractivity contribution is 5.78. The largest absolute Gasteiger partial charge is 0.341 e. The highest BCUT2D eigenvalue weighted by Crippen LogP contribution is 2.15. The number of nitrogens with zero attached hydrogens (tertiary/aromatic N) is 2. The van der Waals surface area contributed by atoms with Crippen LogP contribution in [0.25, 0.3) is 0 Å². The van der Waals surface area contributed by atoms with Crippen LogP contribution in [0.5, 0.6) is 0 Å². The van der Waals surface area contributed by atoms with Gasteiger partial charge in [0.2, 0.25) is 5.91 Å². The lowest BCUT2D eigenvalue weighted by molar-refractivity contribution is -0.384. The van der Waals surface area contributed by atoms with E-state index in [1.54, 1.807) is 31.3 Å². The van der Waals surface area contributed by atoms with Crippen molar-refractivity contribution >= 4 is 11.6 Å². The average molecular weight is 302 g/mol. The maximum atomic E-state index is 13.1. The number of rotatable bonds is 5. The average Bonchev–Trinajstić information content (AvgIpc) is 2.47. The summed E-state index contributed by atoms with van der Waals surface area (Å²) in [5.74, 6) is -0.566. The third kappa shape index (κ3) is 4.12. The van der Waals surface area contributed by atoms with Gasteiger partial charge in [0.1, 0.15) is 5.82 Å². The predicted octanol–water partition coefficient (Wildman–Crippen LogP) is 2.94. The van der Waals surface area contributed by atoms with Crippen LogP contribution in [0.4, 0.5) is 10.1 Å². The van der Waals surface area contributed by atoms with Crippen LogP contribution in [0.2, 0.25) is 0 Å². The molecule has 0 aliphatic heterocycles. The van der Waals surface area contributed by atoms with Crippen LogP contribution in [-0.4, -0.2) is 22.8 Å². The molecule has 0 aromatic heterocycles. The SMILES string of the molecule is CN(Cc1cccc([N+](=O)[O-])c1)C(=O)Cc1cccc(F)c1. The number of hydrogen-bond donors (Lipinski definition) is 0. The van der Waals surface area contributed by atoms with Gasteiger partial charge in [-0.25, -0.2) is 4.39 Å². The highest BCUT2D eigenvalue weighted by Gasteiger charge is 2.12. The smallest absolute Gasteiger partial charge is 0.269 e. The van der Waals surface area contributed by atoms with Crippen molar-refractivity contribution in [3.8, 4) is 0 Å². The lowest BCUT2D eigenvalue weighted by Crippen LogP contribution is -2.27. The molecule has 114 valence electrons. The normalized spacial score (nSPS) is 10.3. The number of amides is 1. The van der Waals surface area contributed by atoms with Gasteiger partial charge in [0.15, 0.2) is 0 Å². The minimum Gasteiger partial charge on any atom is -0.341 e. The Hall–Kier alpha value is -2.76. The zero-order valence-corrected chi connectivity index (χ0v) is 12.0. The van der Waals surface area contributed by atoms with Gasteiger partial charge < -0.3 is 4.90 Å². The maximum Gasteiger partial charge on any atom is 0.269 e. The molecule has 0 atom stereocenters. The van der Waals surface area contributed by atoms with Gasteiger partial charge in [-0.15, -0.1) is 0 Å². The van der Waals surface area contributed by atoms with Gasteiger partial charge in [0.05, 0.1) is 11.3 Å². The van der Waals surface area contributed by atoms with Crippen molar-refractivity contribution in [2.45, 2.75) is 13.0 Å². The van der Waals surface area contributed by atoms with Gasteiger partial charge in [0, 0.05) is 25.7 Å². The summed E-state index contributed by atoms with van der Waals surface area (Å²) in [6.07, 6.45) is 0.0865. The van der Waals surface area contributed by atoms with Crippen molar-refractivity contribution in [3.05, 3.63) is 75.6 Å². The van der Waals surface area contributed by atoms with Crippen LogP contribution in [-0.2, 0) is 17.8 Å². The topological polar surface area (TPSA) is 63.4 Å². The molecule has 2 aromatic carbocycles. The number of benzene rings is 2. The highest BCUT2D eigenvalue weighted by atomic mass is 19.1. The summed E-state index contributed by atoms with van der Waals surface area (Å²) in [6.45, 7) is 0.260. The Bertz CT molecular complexity index is 703. The first-order valence-electron chi connectivity index (χ1n) is 6.67. The van der Waals surface area contributed by atoms with E-state index in [9.17, 15) is 19.3 Å². The lowest BCUT2D eigenvalue weighted by atomic mass is 10.1. The summed E-state index contributed by atoms with van der Waals surface area (Å²) in [5, 5.41) is 10.7. The monoisotopic (exact) mass is 302 g/mol. The van der Waals surface area contributed by atoms with Gasteiger partial charge in [-0.05, 0) is 23.3 Å². The zero-order valence-electron chi connectivity index (χ0n) is 12.0. The van der Waals surface area contributed by atoms with Crippen molar-refractivity contribution in [2.24, 2.45) is 0 Å². The number of hydrogen-bond acceptors (Lipinski definition) is 3. The van der Waals surface area contributed by atoms with E-state index in [4.69, 9.17) is 0 Å². The predicted molar refractivity (Wildman–Crippen MR) is 79.7 cm³/mol. The number of carbonyl (C=O) groups excluding carboxylic acids is 1. The number of halogens is 1. The fourth-order valence-corrected chi connectivity index (χ4v) is 2.09. The first kappa shape index (κ1) is 15.6. The molecule has 0 saturated carbocycles. The number of nitro benzene ring substituents is 1. The van der Waals surface area contributed by atoms with E-state index in [0.29, 0.717) is 11.1 Å². The van der Waals surface area contributed by atoms with E-state index >= 15 is 0 Å². The van der Waals surface area contributed by atoms with Crippen LogP contribution in [0.15, 0.2) is 48.5 Å². The minimum atomic E-state index is -0.474. The number of likely N-dealkylation sites (N-methyl/N-ethyl adjacent to an activating group) is 1. The summed E-state index contributed by atoms with van der Waals surface area (Å²) in [5.41, 5.74) is 1.25. The number of nitro groups is 1. The van der Waals surface area contributed by atoms with Crippen LogP contribution in [0, 0.1) is 15.9 Å². The zero-order chi connectivity index (χ0) is 16.1. The molecule has 0 aliphatic rings.